The molecule has 0 saturated carbocycles. The molecule has 1 aromatic carbocycles. The standard InChI is InChI=1S/C27H34N6O/c1-19-24-20(2)33(23-13-7-4-8-14-23)31-25(24)26(30-29-19)32-17-9-12-22(18-32)27(34)28-16-15-21-10-5-3-6-11-21/h4,7-8,10,13-14,22H,3,5-6,9,11-12,15-18H2,1-2H3,(H,28,34)/t22-/m1/s1. The van der Waals surface area contributed by atoms with Gasteiger partial charge in [-0.2, -0.15) is 10.2 Å². The number of piperidine rings is 1. The maximum atomic E-state index is 13.0. The predicted molar refractivity (Wildman–Crippen MR) is 135 cm³/mol. The summed E-state index contributed by atoms with van der Waals surface area (Å²) in [6.07, 6.45) is 10.1. The van der Waals surface area contributed by atoms with Crippen molar-refractivity contribution in [2.45, 2.75) is 58.8 Å². The molecule has 2 aromatic heterocycles. The predicted octanol–water partition coefficient (Wildman–Crippen LogP) is 4.66. The molecule has 3 aromatic rings. The quantitative estimate of drug-likeness (QED) is 0.544. The van der Waals surface area contributed by atoms with E-state index in [2.05, 4.69) is 45.5 Å². The zero-order valence-corrected chi connectivity index (χ0v) is 20.3. The lowest BCUT2D eigenvalue weighted by Crippen LogP contribution is -2.43. The fraction of sp³-hybridized carbons (Fsp3) is 0.481. The number of nitrogens with zero attached hydrogens (tertiary/aromatic N) is 5. The molecule has 178 valence electrons. The molecule has 0 unspecified atom stereocenters. The van der Waals surface area contributed by atoms with Gasteiger partial charge in [0.05, 0.1) is 28.4 Å². The van der Waals surface area contributed by atoms with E-state index in [0.717, 1.165) is 66.1 Å². The van der Waals surface area contributed by atoms with Gasteiger partial charge in [-0.3, -0.25) is 4.79 Å². The summed E-state index contributed by atoms with van der Waals surface area (Å²) in [7, 11) is 0. The molecule has 0 radical (unpaired) electrons. The van der Waals surface area contributed by atoms with E-state index in [0.29, 0.717) is 6.54 Å². The third-order valence-corrected chi connectivity index (χ3v) is 7.21. The number of aromatic nitrogens is 4. The maximum Gasteiger partial charge on any atom is 0.224 e. The average Bonchev–Trinajstić information content (AvgIpc) is 3.23. The van der Waals surface area contributed by atoms with Gasteiger partial charge in [-0.15, -0.1) is 5.10 Å². The Kier molecular flexibility index (Phi) is 6.61. The van der Waals surface area contributed by atoms with Gasteiger partial charge in [0.1, 0.15) is 5.52 Å². The first-order valence-corrected chi connectivity index (χ1v) is 12.6. The first kappa shape index (κ1) is 22.6. The summed E-state index contributed by atoms with van der Waals surface area (Å²) in [5.74, 6) is 0.899. The fourth-order valence-corrected chi connectivity index (χ4v) is 5.35. The number of hydrogen-bond acceptors (Lipinski definition) is 5. The minimum absolute atomic E-state index is 0.0375. The van der Waals surface area contributed by atoms with Crippen LogP contribution < -0.4 is 10.2 Å². The van der Waals surface area contributed by atoms with Crippen molar-refractivity contribution in [3.8, 4) is 5.69 Å². The molecule has 0 bridgehead atoms. The Morgan fingerprint density at radius 2 is 1.97 bits per heavy atom. The third-order valence-electron chi connectivity index (χ3n) is 7.21. The zero-order chi connectivity index (χ0) is 23.5. The summed E-state index contributed by atoms with van der Waals surface area (Å²) >= 11 is 0. The van der Waals surface area contributed by atoms with E-state index in [1.54, 1.807) is 0 Å². The second-order valence-corrected chi connectivity index (χ2v) is 9.60. The lowest BCUT2D eigenvalue weighted by molar-refractivity contribution is -0.125. The van der Waals surface area contributed by atoms with Gasteiger partial charge < -0.3 is 10.2 Å². The number of anilines is 1. The van der Waals surface area contributed by atoms with Crippen molar-refractivity contribution in [3.05, 3.63) is 53.4 Å². The normalized spacial score (nSPS) is 18.7. The topological polar surface area (TPSA) is 75.9 Å². The summed E-state index contributed by atoms with van der Waals surface area (Å²) < 4.78 is 1.97. The minimum atomic E-state index is -0.0375. The van der Waals surface area contributed by atoms with E-state index in [1.165, 1.54) is 31.3 Å². The Morgan fingerprint density at radius 3 is 2.76 bits per heavy atom. The molecule has 1 atom stereocenters. The highest BCUT2D eigenvalue weighted by atomic mass is 16.1. The van der Waals surface area contributed by atoms with Crippen LogP contribution in [0.3, 0.4) is 0 Å². The van der Waals surface area contributed by atoms with Crippen molar-refractivity contribution in [1.82, 2.24) is 25.3 Å². The van der Waals surface area contributed by atoms with E-state index in [4.69, 9.17) is 5.10 Å². The number of fused-ring (bicyclic) bond motifs is 1. The number of hydrogen-bond donors (Lipinski definition) is 1. The van der Waals surface area contributed by atoms with E-state index in [9.17, 15) is 4.79 Å². The van der Waals surface area contributed by atoms with Gasteiger partial charge in [0.2, 0.25) is 5.91 Å². The van der Waals surface area contributed by atoms with Gasteiger partial charge in [-0.05, 0) is 70.9 Å². The monoisotopic (exact) mass is 458 g/mol. The van der Waals surface area contributed by atoms with E-state index < -0.39 is 0 Å². The summed E-state index contributed by atoms with van der Waals surface area (Å²) in [5, 5.41) is 18.2. The summed E-state index contributed by atoms with van der Waals surface area (Å²) in [6.45, 7) is 6.31. The molecular weight excluding hydrogens is 424 g/mol. The van der Waals surface area contributed by atoms with Crippen LogP contribution in [0.4, 0.5) is 5.82 Å². The zero-order valence-electron chi connectivity index (χ0n) is 20.3. The molecule has 1 fully saturated rings. The lowest BCUT2D eigenvalue weighted by Gasteiger charge is -2.32. The number of amides is 1. The summed E-state index contributed by atoms with van der Waals surface area (Å²) in [5.41, 5.74) is 5.31. The van der Waals surface area contributed by atoms with Crippen molar-refractivity contribution in [3.63, 3.8) is 0 Å². The minimum Gasteiger partial charge on any atom is -0.355 e. The second-order valence-electron chi connectivity index (χ2n) is 9.60. The number of rotatable bonds is 6. The van der Waals surface area contributed by atoms with Crippen molar-refractivity contribution >= 4 is 22.6 Å². The number of aryl methyl sites for hydroxylation is 2. The van der Waals surface area contributed by atoms with Crippen molar-refractivity contribution in [2.75, 3.05) is 24.5 Å². The third kappa shape index (κ3) is 4.56. The Hall–Kier alpha value is -3.22. The molecule has 1 saturated heterocycles. The van der Waals surface area contributed by atoms with Crippen molar-refractivity contribution in [2.24, 2.45) is 5.92 Å². The van der Waals surface area contributed by atoms with Crippen LogP contribution in [0.1, 0.15) is 56.3 Å². The molecule has 7 heteroatoms. The smallest absolute Gasteiger partial charge is 0.224 e. The average molecular weight is 459 g/mol. The van der Waals surface area contributed by atoms with Gasteiger partial charge in [0.25, 0.3) is 0 Å². The lowest BCUT2D eigenvalue weighted by atomic mass is 9.96. The van der Waals surface area contributed by atoms with Crippen LogP contribution in [-0.2, 0) is 4.79 Å². The highest BCUT2D eigenvalue weighted by molar-refractivity contribution is 5.92. The van der Waals surface area contributed by atoms with Crippen LogP contribution in [0.5, 0.6) is 0 Å². The van der Waals surface area contributed by atoms with Crippen molar-refractivity contribution in [1.29, 1.82) is 0 Å². The van der Waals surface area contributed by atoms with Crippen LogP contribution in [0.25, 0.3) is 16.6 Å². The molecule has 1 aliphatic heterocycles. The van der Waals surface area contributed by atoms with Crippen LogP contribution in [-0.4, -0.2) is 45.5 Å². The van der Waals surface area contributed by atoms with Crippen LogP contribution in [0.2, 0.25) is 0 Å². The number of allylic oxidation sites excluding steroid dienone is 1. The maximum absolute atomic E-state index is 13.0. The van der Waals surface area contributed by atoms with E-state index in [1.807, 2.05) is 29.8 Å². The first-order chi connectivity index (χ1) is 16.6. The number of para-hydroxylation sites is 1. The summed E-state index contributed by atoms with van der Waals surface area (Å²) in [4.78, 5) is 15.2. The first-order valence-electron chi connectivity index (χ1n) is 12.6. The van der Waals surface area contributed by atoms with E-state index in [-0.39, 0.29) is 11.8 Å². The van der Waals surface area contributed by atoms with Crippen LogP contribution in [0.15, 0.2) is 42.0 Å². The fourth-order valence-electron chi connectivity index (χ4n) is 5.35. The molecular formula is C27H34N6O. The van der Waals surface area contributed by atoms with Gasteiger partial charge in [-0.1, -0.05) is 29.8 Å². The molecule has 0 spiro atoms. The molecule has 5 rings (SSSR count). The van der Waals surface area contributed by atoms with Crippen LogP contribution in [0, 0.1) is 19.8 Å². The SMILES string of the molecule is Cc1nnc(N2CCC[C@@H](C(=O)NCCC3=CCCCC3)C2)c2nn(-c3ccccc3)c(C)c12. The Bertz CT molecular complexity index is 1200. The second kappa shape index (κ2) is 9.95. The highest BCUT2D eigenvalue weighted by Gasteiger charge is 2.29. The summed E-state index contributed by atoms with van der Waals surface area (Å²) in [6, 6.07) is 10.2. The Labute approximate surface area is 201 Å². The van der Waals surface area contributed by atoms with Crippen LogP contribution >= 0.6 is 0 Å². The molecule has 3 heterocycles. The highest BCUT2D eigenvalue weighted by Crippen LogP contribution is 2.31. The molecule has 7 nitrogen and oxygen atoms in total. The van der Waals surface area contributed by atoms with Crippen molar-refractivity contribution < 1.29 is 4.79 Å². The van der Waals surface area contributed by atoms with Gasteiger partial charge in [0, 0.05) is 19.6 Å². The number of benzene rings is 1. The Balaban J connectivity index is 1.33. The van der Waals surface area contributed by atoms with Gasteiger partial charge in [0.15, 0.2) is 5.82 Å². The Morgan fingerprint density at radius 1 is 1.12 bits per heavy atom. The molecule has 2 aliphatic rings. The molecule has 1 aliphatic carbocycles. The number of carbonyl (C=O) groups is 1. The largest absolute Gasteiger partial charge is 0.355 e. The number of nitrogens with one attached hydrogen (secondary N) is 1. The molecule has 34 heavy (non-hydrogen) atoms. The van der Waals surface area contributed by atoms with E-state index >= 15 is 0 Å². The molecule has 1 amide bonds. The van der Waals surface area contributed by atoms with Gasteiger partial charge >= 0.3 is 0 Å². The van der Waals surface area contributed by atoms with Gasteiger partial charge in [-0.25, -0.2) is 4.68 Å². The molecule has 1 N–H and O–H groups in total. The number of carbonyl (C=O) groups excluding carboxylic acids is 1.